The maximum absolute atomic E-state index is 5.41. The van der Waals surface area contributed by atoms with E-state index in [1.807, 2.05) is 19.1 Å². The molecule has 2 heteroatoms. The van der Waals surface area contributed by atoms with E-state index in [1.54, 1.807) is 0 Å². The smallest absolute Gasteiger partial charge is 0.119 e. The maximum Gasteiger partial charge on any atom is 0.119 e. The molecule has 1 rings (SSSR count). The highest BCUT2D eigenvalue weighted by molar-refractivity contribution is 5.50. The fraction of sp³-hybridized carbons (Fsp3) is 0.500. The predicted molar refractivity (Wildman–Crippen MR) is 79.0 cm³/mol. The van der Waals surface area contributed by atoms with Crippen molar-refractivity contribution < 1.29 is 4.74 Å². The number of nitrogens with one attached hydrogen (secondary N) is 1. The molecule has 1 aromatic carbocycles. The molecular formula is C16H25NO. The number of hydrogen-bond donors (Lipinski definition) is 1. The summed E-state index contributed by atoms with van der Waals surface area (Å²) in [5, 5.41) is 3.43. The normalized spacial score (nSPS) is 11.3. The van der Waals surface area contributed by atoms with E-state index in [4.69, 9.17) is 4.74 Å². The fourth-order valence-electron chi connectivity index (χ4n) is 1.64. The average Bonchev–Trinajstić information content (AvgIpc) is 2.35. The summed E-state index contributed by atoms with van der Waals surface area (Å²) in [5.74, 6) is 1.66. The molecule has 18 heavy (non-hydrogen) atoms. The van der Waals surface area contributed by atoms with Crippen molar-refractivity contribution in [1.29, 1.82) is 0 Å². The number of benzene rings is 1. The minimum Gasteiger partial charge on any atom is -0.494 e. The van der Waals surface area contributed by atoms with Crippen molar-refractivity contribution in [1.82, 2.24) is 5.32 Å². The summed E-state index contributed by atoms with van der Waals surface area (Å²) in [5.41, 5.74) is 1.22. The molecule has 0 atom stereocenters. The predicted octanol–water partition coefficient (Wildman–Crippen LogP) is 3.73. The van der Waals surface area contributed by atoms with E-state index in [1.165, 1.54) is 5.56 Å². The second-order valence-corrected chi connectivity index (χ2v) is 4.79. The minimum atomic E-state index is 0.719. The van der Waals surface area contributed by atoms with Gasteiger partial charge in [0.15, 0.2) is 0 Å². The first-order chi connectivity index (χ1) is 8.72. The molecule has 0 unspecified atom stereocenters. The molecule has 1 aromatic rings. The van der Waals surface area contributed by atoms with Crippen LogP contribution in [-0.4, -0.2) is 19.7 Å². The van der Waals surface area contributed by atoms with Crippen molar-refractivity contribution >= 4 is 6.08 Å². The van der Waals surface area contributed by atoms with Crippen LogP contribution in [-0.2, 0) is 0 Å². The molecule has 0 heterocycles. The van der Waals surface area contributed by atoms with Crippen LogP contribution in [0.3, 0.4) is 0 Å². The second-order valence-electron chi connectivity index (χ2n) is 4.79. The summed E-state index contributed by atoms with van der Waals surface area (Å²) < 4.78 is 5.41. The standard InChI is InChI=1S/C16H25NO/c1-4-18-16-10-8-15(9-11-16)7-5-6-12-17-13-14(2)3/h5,7-11,14,17H,4,6,12-13H2,1-3H3. The van der Waals surface area contributed by atoms with Gasteiger partial charge in [-0.15, -0.1) is 0 Å². The molecule has 0 saturated carbocycles. The Kier molecular flexibility index (Phi) is 7.19. The summed E-state index contributed by atoms with van der Waals surface area (Å²) in [6.45, 7) is 9.31. The molecule has 0 saturated heterocycles. The topological polar surface area (TPSA) is 21.3 Å². The summed E-state index contributed by atoms with van der Waals surface area (Å²) >= 11 is 0. The monoisotopic (exact) mass is 247 g/mol. The van der Waals surface area contributed by atoms with Gasteiger partial charge in [-0.1, -0.05) is 38.1 Å². The third-order valence-electron chi connectivity index (χ3n) is 2.54. The van der Waals surface area contributed by atoms with Gasteiger partial charge < -0.3 is 10.1 Å². The SMILES string of the molecule is CCOc1ccc(C=CCCNCC(C)C)cc1. The highest BCUT2D eigenvalue weighted by Gasteiger charge is 1.92. The van der Waals surface area contributed by atoms with Gasteiger partial charge in [0, 0.05) is 0 Å². The van der Waals surface area contributed by atoms with Gasteiger partial charge in [0.2, 0.25) is 0 Å². The van der Waals surface area contributed by atoms with Gasteiger partial charge in [-0.25, -0.2) is 0 Å². The fourth-order valence-corrected chi connectivity index (χ4v) is 1.64. The van der Waals surface area contributed by atoms with Crippen LogP contribution in [0.1, 0.15) is 32.8 Å². The van der Waals surface area contributed by atoms with Crippen LogP contribution in [0.2, 0.25) is 0 Å². The van der Waals surface area contributed by atoms with Crippen LogP contribution in [0.25, 0.3) is 6.08 Å². The lowest BCUT2D eigenvalue weighted by atomic mass is 10.2. The molecule has 0 amide bonds. The molecule has 0 aliphatic heterocycles. The van der Waals surface area contributed by atoms with Gasteiger partial charge in [0.25, 0.3) is 0 Å². The van der Waals surface area contributed by atoms with E-state index >= 15 is 0 Å². The lowest BCUT2D eigenvalue weighted by Gasteiger charge is -2.05. The molecule has 1 N–H and O–H groups in total. The largest absolute Gasteiger partial charge is 0.494 e. The first kappa shape index (κ1) is 14.8. The van der Waals surface area contributed by atoms with Gasteiger partial charge in [-0.3, -0.25) is 0 Å². The Labute approximate surface area is 111 Å². The average molecular weight is 247 g/mol. The highest BCUT2D eigenvalue weighted by atomic mass is 16.5. The van der Waals surface area contributed by atoms with E-state index in [0.29, 0.717) is 0 Å². The van der Waals surface area contributed by atoms with E-state index in [0.717, 1.165) is 37.8 Å². The van der Waals surface area contributed by atoms with Crippen molar-refractivity contribution in [3.8, 4) is 5.75 Å². The molecule has 0 bridgehead atoms. The van der Waals surface area contributed by atoms with E-state index in [2.05, 4.69) is 43.4 Å². The molecule has 2 nitrogen and oxygen atoms in total. The first-order valence-electron chi connectivity index (χ1n) is 6.82. The van der Waals surface area contributed by atoms with Crippen molar-refractivity contribution in [3.63, 3.8) is 0 Å². The Morgan fingerprint density at radius 3 is 2.56 bits per heavy atom. The Morgan fingerprint density at radius 1 is 1.22 bits per heavy atom. The number of rotatable bonds is 8. The molecule has 100 valence electrons. The zero-order valence-electron chi connectivity index (χ0n) is 11.8. The van der Waals surface area contributed by atoms with Gasteiger partial charge in [-0.05, 0) is 50.0 Å². The third-order valence-corrected chi connectivity index (χ3v) is 2.54. The Bertz CT molecular complexity index is 341. The first-order valence-corrected chi connectivity index (χ1v) is 6.82. The van der Waals surface area contributed by atoms with Crippen molar-refractivity contribution in [2.45, 2.75) is 27.2 Å². The molecule has 0 fully saturated rings. The molecule has 0 aromatic heterocycles. The molecule has 0 radical (unpaired) electrons. The maximum atomic E-state index is 5.41. The summed E-state index contributed by atoms with van der Waals surface area (Å²) in [4.78, 5) is 0. The molecule has 0 aliphatic rings. The minimum absolute atomic E-state index is 0.719. The zero-order valence-corrected chi connectivity index (χ0v) is 11.8. The Morgan fingerprint density at radius 2 is 1.94 bits per heavy atom. The number of hydrogen-bond acceptors (Lipinski definition) is 2. The van der Waals surface area contributed by atoms with Gasteiger partial charge >= 0.3 is 0 Å². The lowest BCUT2D eigenvalue weighted by Crippen LogP contribution is -2.20. The third kappa shape index (κ3) is 6.45. The number of ether oxygens (including phenoxy) is 1. The zero-order chi connectivity index (χ0) is 13.2. The van der Waals surface area contributed by atoms with Gasteiger partial charge in [-0.2, -0.15) is 0 Å². The molecular weight excluding hydrogens is 222 g/mol. The highest BCUT2D eigenvalue weighted by Crippen LogP contribution is 2.13. The van der Waals surface area contributed by atoms with Crippen molar-refractivity contribution in [3.05, 3.63) is 35.9 Å². The second kappa shape index (κ2) is 8.76. The summed E-state index contributed by atoms with van der Waals surface area (Å²) in [7, 11) is 0. The summed E-state index contributed by atoms with van der Waals surface area (Å²) in [6.07, 6.45) is 5.44. The van der Waals surface area contributed by atoms with Gasteiger partial charge in [0.05, 0.1) is 6.61 Å². The van der Waals surface area contributed by atoms with Crippen LogP contribution >= 0.6 is 0 Å². The van der Waals surface area contributed by atoms with Crippen LogP contribution in [0, 0.1) is 5.92 Å². The van der Waals surface area contributed by atoms with Crippen LogP contribution in [0.4, 0.5) is 0 Å². The van der Waals surface area contributed by atoms with E-state index in [-0.39, 0.29) is 0 Å². The van der Waals surface area contributed by atoms with Crippen LogP contribution in [0.15, 0.2) is 30.3 Å². The van der Waals surface area contributed by atoms with Crippen molar-refractivity contribution in [2.24, 2.45) is 5.92 Å². The van der Waals surface area contributed by atoms with E-state index in [9.17, 15) is 0 Å². The van der Waals surface area contributed by atoms with Crippen molar-refractivity contribution in [2.75, 3.05) is 19.7 Å². The van der Waals surface area contributed by atoms with Gasteiger partial charge in [0.1, 0.15) is 5.75 Å². The van der Waals surface area contributed by atoms with Crippen LogP contribution in [0.5, 0.6) is 5.75 Å². The molecule has 0 spiro atoms. The quantitative estimate of drug-likeness (QED) is 0.707. The Hall–Kier alpha value is -1.28. The molecule has 0 aliphatic carbocycles. The van der Waals surface area contributed by atoms with E-state index < -0.39 is 0 Å². The Balaban J connectivity index is 2.25. The summed E-state index contributed by atoms with van der Waals surface area (Å²) in [6, 6.07) is 8.20. The van der Waals surface area contributed by atoms with Crippen LogP contribution < -0.4 is 10.1 Å². The lowest BCUT2D eigenvalue weighted by molar-refractivity contribution is 0.340.